The first kappa shape index (κ1) is 41.8. The lowest BCUT2D eigenvalue weighted by molar-refractivity contribution is -0.148. The van der Waals surface area contributed by atoms with Gasteiger partial charge in [-0.3, -0.25) is 24.2 Å². The lowest BCUT2D eigenvalue weighted by Crippen LogP contribution is -2.42. The summed E-state index contributed by atoms with van der Waals surface area (Å²) in [4.78, 5) is 54.4. The second-order valence-corrected chi connectivity index (χ2v) is 20.3. The molecule has 2 amide bonds. The number of imidazole rings is 2. The Balaban J connectivity index is 0.785. The number of nitrogens with zero attached hydrogens (tertiary/aromatic N) is 6. The Bertz CT molecular complexity index is 2420. The topological polar surface area (TPSA) is 138 Å². The first-order valence-electron chi connectivity index (χ1n) is 22.9. The first-order chi connectivity index (χ1) is 29.9. The van der Waals surface area contributed by atoms with Crippen molar-refractivity contribution >= 4 is 52.4 Å². The summed E-state index contributed by atoms with van der Waals surface area (Å²) in [5.74, 6) is 1.25. The standard InChI is InChI=1S/C48H58Cl2N8O4/c1-55-38-16-23-57(25-22-47-18-20-48(28-47,21-19-47)46(61)62)26-36(38)51-42(55)44(59)53-34-10-4-8-32(40(34)49)33-9-5-11-35(41(33)50)54-45(60)43-52-37-27-58(24-17-39(37)56(43)2)31-14-12-30(13-15-31)29-6-3-7-29/h4-5,8-11,29-31H,3,6-7,12-28H2,1-2H3,(H,53,59)(H,54,60)(H,61,62). The number of amides is 2. The number of rotatable bonds is 11. The molecule has 62 heavy (non-hydrogen) atoms. The van der Waals surface area contributed by atoms with Crippen LogP contribution in [0.1, 0.15) is 127 Å². The van der Waals surface area contributed by atoms with E-state index in [1.807, 2.05) is 47.5 Å². The summed E-state index contributed by atoms with van der Waals surface area (Å²) in [5.41, 5.74) is 5.77. The van der Waals surface area contributed by atoms with Gasteiger partial charge in [-0.1, -0.05) is 66.7 Å². The van der Waals surface area contributed by atoms with E-state index in [0.717, 1.165) is 112 Å². The quantitative estimate of drug-likeness (QED) is 0.136. The van der Waals surface area contributed by atoms with E-state index in [-0.39, 0.29) is 17.2 Å². The predicted octanol–water partition coefficient (Wildman–Crippen LogP) is 9.13. The zero-order valence-electron chi connectivity index (χ0n) is 35.9. The third-order valence-corrected chi connectivity index (χ3v) is 17.1. The number of hydrogen-bond acceptors (Lipinski definition) is 7. The molecule has 0 radical (unpaired) electrons. The fraction of sp³-hybridized carbons (Fsp3) is 0.562. The summed E-state index contributed by atoms with van der Waals surface area (Å²) < 4.78 is 3.81. The molecular weight excluding hydrogens is 823 g/mol. The van der Waals surface area contributed by atoms with Crippen LogP contribution in [0.5, 0.6) is 0 Å². The number of carbonyl (C=O) groups is 3. The van der Waals surface area contributed by atoms with Gasteiger partial charge in [0.1, 0.15) is 0 Å². The number of nitrogens with one attached hydrogen (secondary N) is 2. The number of aromatic nitrogens is 4. The molecule has 0 unspecified atom stereocenters. The van der Waals surface area contributed by atoms with Gasteiger partial charge in [-0.2, -0.15) is 0 Å². The first-order valence-corrected chi connectivity index (χ1v) is 23.7. The van der Waals surface area contributed by atoms with Crippen molar-refractivity contribution in [2.45, 2.75) is 115 Å². The van der Waals surface area contributed by atoms with E-state index < -0.39 is 11.4 Å². The Hall–Kier alpha value is -4.23. The zero-order valence-corrected chi connectivity index (χ0v) is 37.5. The van der Waals surface area contributed by atoms with E-state index in [9.17, 15) is 19.5 Å². The summed E-state index contributed by atoms with van der Waals surface area (Å²) in [6.45, 7) is 4.18. The predicted molar refractivity (Wildman–Crippen MR) is 241 cm³/mol. The SMILES string of the molecule is Cn1c(C(=O)Nc2cccc(-c3cccc(NC(=O)c4nc5c(n4C)CCN(C4CCC(C6CCC6)CC4)C5)c3Cl)c2Cl)nc2c1CCN(CCC13CCC(C(=O)O)(CC1)C3)C2. The van der Waals surface area contributed by atoms with Crippen molar-refractivity contribution in [2.75, 3.05) is 30.3 Å². The maximum absolute atomic E-state index is 13.8. The van der Waals surface area contributed by atoms with Crippen LogP contribution in [0.25, 0.3) is 11.1 Å². The Morgan fingerprint density at radius 1 is 0.742 bits per heavy atom. The van der Waals surface area contributed by atoms with Gasteiger partial charge >= 0.3 is 5.97 Å². The van der Waals surface area contributed by atoms with Crippen molar-refractivity contribution in [1.29, 1.82) is 0 Å². The lowest BCUT2D eigenvalue weighted by atomic mass is 9.69. The van der Waals surface area contributed by atoms with Crippen LogP contribution >= 0.6 is 23.2 Å². The number of benzene rings is 2. The Morgan fingerprint density at radius 2 is 1.29 bits per heavy atom. The number of fused-ring (bicyclic) bond motifs is 4. The molecule has 2 aromatic heterocycles. The fourth-order valence-corrected chi connectivity index (χ4v) is 12.8. The molecule has 4 saturated carbocycles. The summed E-state index contributed by atoms with van der Waals surface area (Å²) in [5, 5.41) is 16.5. The van der Waals surface area contributed by atoms with E-state index in [4.69, 9.17) is 33.2 Å². The van der Waals surface area contributed by atoms with Gasteiger partial charge in [-0.25, -0.2) is 9.97 Å². The molecule has 328 valence electrons. The van der Waals surface area contributed by atoms with Gasteiger partial charge in [-0.15, -0.1) is 0 Å². The van der Waals surface area contributed by atoms with Crippen LogP contribution in [0, 0.1) is 22.7 Å². The molecule has 0 atom stereocenters. The highest BCUT2D eigenvalue weighted by atomic mass is 35.5. The number of carboxylic acids is 1. The van der Waals surface area contributed by atoms with E-state index in [1.54, 1.807) is 12.1 Å². The van der Waals surface area contributed by atoms with Gasteiger partial charge in [0.2, 0.25) is 0 Å². The highest BCUT2D eigenvalue weighted by Gasteiger charge is 2.57. The average Bonchev–Trinajstić information content (AvgIpc) is 4.01. The van der Waals surface area contributed by atoms with Crippen LogP contribution in [0.4, 0.5) is 11.4 Å². The van der Waals surface area contributed by atoms with Gasteiger partial charge in [0.25, 0.3) is 11.8 Å². The minimum Gasteiger partial charge on any atom is -0.481 e. The molecule has 4 aliphatic carbocycles. The summed E-state index contributed by atoms with van der Waals surface area (Å²) in [6, 6.07) is 11.4. The Morgan fingerprint density at radius 3 is 1.82 bits per heavy atom. The van der Waals surface area contributed by atoms with Crippen molar-refractivity contribution in [1.82, 2.24) is 28.9 Å². The highest BCUT2D eigenvalue weighted by molar-refractivity contribution is 6.40. The molecule has 2 aromatic carbocycles. The van der Waals surface area contributed by atoms with E-state index in [0.29, 0.717) is 56.8 Å². The normalized spacial score (nSPS) is 26.2. The van der Waals surface area contributed by atoms with Crippen molar-refractivity contribution in [3.05, 3.63) is 80.9 Å². The monoisotopic (exact) mass is 880 g/mol. The maximum Gasteiger partial charge on any atom is 0.309 e. The van der Waals surface area contributed by atoms with Crippen LogP contribution in [0.3, 0.4) is 0 Å². The molecule has 12 nitrogen and oxygen atoms in total. The number of anilines is 2. The number of halogens is 2. The van der Waals surface area contributed by atoms with Gasteiger partial charge < -0.3 is 24.9 Å². The number of hydrogen-bond donors (Lipinski definition) is 3. The molecule has 6 aliphatic rings. The Labute approximate surface area is 373 Å². The molecule has 3 N–H and O–H groups in total. The summed E-state index contributed by atoms with van der Waals surface area (Å²) in [7, 11) is 3.80. The van der Waals surface area contributed by atoms with Gasteiger partial charge in [0, 0.05) is 81.7 Å². The van der Waals surface area contributed by atoms with Crippen molar-refractivity contribution in [2.24, 2.45) is 36.8 Å². The van der Waals surface area contributed by atoms with E-state index >= 15 is 0 Å². The molecule has 4 fully saturated rings. The molecule has 2 aliphatic heterocycles. The van der Waals surface area contributed by atoms with Crippen LogP contribution in [-0.4, -0.2) is 77.5 Å². The number of carbonyl (C=O) groups excluding carboxylic acids is 2. The highest BCUT2D eigenvalue weighted by Crippen LogP contribution is 2.63. The van der Waals surface area contributed by atoms with Crippen molar-refractivity contribution < 1.29 is 19.5 Å². The van der Waals surface area contributed by atoms with E-state index in [1.165, 1.54) is 44.9 Å². The minimum absolute atomic E-state index is 0.135. The summed E-state index contributed by atoms with van der Waals surface area (Å²) >= 11 is 14.1. The van der Waals surface area contributed by atoms with Gasteiger partial charge in [-0.05, 0) is 100 Å². The second-order valence-electron chi connectivity index (χ2n) is 19.5. The van der Waals surface area contributed by atoms with Crippen LogP contribution in [0.2, 0.25) is 10.0 Å². The average molecular weight is 882 g/mol. The number of aliphatic carboxylic acids is 1. The van der Waals surface area contributed by atoms with E-state index in [2.05, 4.69) is 20.4 Å². The molecule has 0 saturated heterocycles. The van der Waals surface area contributed by atoms with Crippen LogP contribution < -0.4 is 10.6 Å². The minimum atomic E-state index is -0.624. The van der Waals surface area contributed by atoms with Gasteiger partial charge in [0.15, 0.2) is 11.6 Å². The molecule has 4 heterocycles. The zero-order chi connectivity index (χ0) is 42.9. The fourth-order valence-electron chi connectivity index (χ4n) is 12.3. The molecule has 4 aromatic rings. The molecular formula is C48H58Cl2N8O4. The van der Waals surface area contributed by atoms with Crippen LogP contribution in [0.15, 0.2) is 36.4 Å². The van der Waals surface area contributed by atoms with Crippen LogP contribution in [-0.2, 0) is 44.8 Å². The second kappa shape index (κ2) is 16.4. The third kappa shape index (κ3) is 7.46. The Kier molecular flexibility index (Phi) is 11.0. The molecule has 2 bridgehead atoms. The molecule has 14 heteroatoms. The summed E-state index contributed by atoms with van der Waals surface area (Å²) in [6.07, 6.45) is 16.5. The largest absolute Gasteiger partial charge is 0.481 e. The van der Waals surface area contributed by atoms with Gasteiger partial charge in [0.05, 0.1) is 38.2 Å². The molecule has 0 spiro atoms. The lowest BCUT2D eigenvalue weighted by Gasteiger charge is -2.42. The van der Waals surface area contributed by atoms with Crippen molar-refractivity contribution in [3.8, 4) is 11.1 Å². The number of carboxylic acid groups (broad SMARTS) is 1. The smallest absolute Gasteiger partial charge is 0.309 e. The molecule has 10 rings (SSSR count). The maximum atomic E-state index is 13.8. The third-order valence-electron chi connectivity index (χ3n) is 16.3. The van der Waals surface area contributed by atoms with Crippen molar-refractivity contribution in [3.63, 3.8) is 0 Å².